The number of hydrogen-bond acceptors (Lipinski definition) is 11. The Bertz CT molecular complexity index is 1100. The van der Waals surface area contributed by atoms with Crippen LogP contribution in [0.3, 0.4) is 0 Å². The number of aromatic nitrogens is 3. The second-order valence-corrected chi connectivity index (χ2v) is 9.96. The highest BCUT2D eigenvalue weighted by molar-refractivity contribution is 5.78. The molecule has 0 saturated carbocycles. The maximum atomic E-state index is 13.2. The summed E-state index contributed by atoms with van der Waals surface area (Å²) < 4.78 is 0. The molecule has 0 fully saturated rings. The molecule has 3 rings (SSSR count). The van der Waals surface area contributed by atoms with E-state index in [9.17, 15) is 25.2 Å². The molecule has 5 N–H and O–H groups in total. The lowest BCUT2D eigenvalue weighted by molar-refractivity contribution is -0.139. The van der Waals surface area contributed by atoms with E-state index >= 15 is 0 Å². The summed E-state index contributed by atoms with van der Waals surface area (Å²) in [5.41, 5.74) is 2.62. The first-order valence-corrected chi connectivity index (χ1v) is 13.5. The highest BCUT2D eigenvalue weighted by Gasteiger charge is 2.31. The number of nitrogens with zero attached hydrogens (tertiary/aromatic N) is 6. The van der Waals surface area contributed by atoms with Crippen LogP contribution >= 0.6 is 0 Å². The molecule has 4 atom stereocenters. The van der Waals surface area contributed by atoms with Gasteiger partial charge < -0.3 is 30.4 Å². The number of amides is 1. The van der Waals surface area contributed by atoms with Crippen LogP contribution < -0.4 is 0 Å². The maximum absolute atomic E-state index is 13.2. The molecule has 0 unspecified atom stereocenters. The molecular weight excluding hydrogens is 528 g/mol. The average Bonchev–Trinajstić information content (AvgIpc) is 3.00. The van der Waals surface area contributed by atoms with Gasteiger partial charge in [-0.15, -0.1) is 0 Å². The van der Waals surface area contributed by atoms with E-state index in [0.29, 0.717) is 32.7 Å². The number of carbonyl (C=O) groups excluding carboxylic acids is 1. The van der Waals surface area contributed by atoms with E-state index in [1.54, 1.807) is 18.6 Å². The van der Waals surface area contributed by atoms with Gasteiger partial charge in [0.25, 0.3) is 0 Å². The molecule has 1 amide bonds. The van der Waals surface area contributed by atoms with Crippen LogP contribution in [0.1, 0.15) is 17.1 Å². The van der Waals surface area contributed by atoms with Crippen LogP contribution in [0.15, 0.2) is 73.2 Å². The Labute approximate surface area is 240 Å². The van der Waals surface area contributed by atoms with Crippen molar-refractivity contribution in [2.75, 3.05) is 39.8 Å². The van der Waals surface area contributed by atoms with Gasteiger partial charge in [-0.3, -0.25) is 29.5 Å². The van der Waals surface area contributed by atoms with Gasteiger partial charge in [-0.05, 0) is 36.4 Å². The zero-order chi connectivity index (χ0) is 29.6. The Morgan fingerprint density at radius 1 is 0.707 bits per heavy atom. The van der Waals surface area contributed by atoms with Gasteiger partial charge in [-0.25, -0.2) is 0 Å². The van der Waals surface area contributed by atoms with Crippen LogP contribution in [0, 0.1) is 0 Å². The monoisotopic (exact) mass is 568 g/mol. The summed E-state index contributed by atoms with van der Waals surface area (Å²) in [6, 6.07) is 17.1. The van der Waals surface area contributed by atoms with Gasteiger partial charge in [-0.1, -0.05) is 18.2 Å². The first-order valence-electron chi connectivity index (χ1n) is 13.5. The zero-order valence-electron chi connectivity index (χ0n) is 23.2. The van der Waals surface area contributed by atoms with E-state index in [1.165, 1.54) is 11.9 Å². The lowest BCUT2D eigenvalue weighted by Gasteiger charge is -2.31. The summed E-state index contributed by atoms with van der Waals surface area (Å²) in [5.74, 6) is -0.314. The topological polar surface area (TPSA) is 167 Å². The number of carbonyl (C=O) groups is 1. The smallest absolute Gasteiger partial charge is 0.236 e. The van der Waals surface area contributed by atoms with E-state index in [1.807, 2.05) is 59.5 Å². The minimum Gasteiger partial charge on any atom is -0.394 e. The van der Waals surface area contributed by atoms with E-state index in [4.69, 9.17) is 5.11 Å². The average molecular weight is 569 g/mol. The lowest BCUT2D eigenvalue weighted by Crippen LogP contribution is -2.51. The van der Waals surface area contributed by atoms with Crippen LogP contribution in [0.25, 0.3) is 0 Å². The second-order valence-electron chi connectivity index (χ2n) is 9.96. The van der Waals surface area contributed by atoms with Gasteiger partial charge in [0.05, 0.1) is 30.2 Å². The van der Waals surface area contributed by atoms with Crippen LogP contribution in [0.2, 0.25) is 0 Å². The zero-order valence-corrected chi connectivity index (χ0v) is 23.2. The van der Waals surface area contributed by atoms with Gasteiger partial charge in [0.15, 0.2) is 0 Å². The quantitative estimate of drug-likeness (QED) is 0.139. The van der Waals surface area contributed by atoms with Crippen molar-refractivity contribution in [1.82, 2.24) is 29.7 Å². The van der Waals surface area contributed by atoms with Crippen molar-refractivity contribution in [3.8, 4) is 0 Å². The fourth-order valence-corrected chi connectivity index (χ4v) is 4.24. The van der Waals surface area contributed by atoms with Crippen molar-refractivity contribution in [1.29, 1.82) is 0 Å². The van der Waals surface area contributed by atoms with Gasteiger partial charge in [0.1, 0.15) is 24.4 Å². The SMILES string of the molecule is CN(C[C@H](O)[C@@H](O)[C@H](O)[C@H](O)CO)C(=O)CN(CCN(Cc1ccccn1)Cc1ccccn1)Cc1ccccn1. The van der Waals surface area contributed by atoms with Crippen LogP contribution in [0.4, 0.5) is 0 Å². The molecule has 0 radical (unpaired) electrons. The Morgan fingerprint density at radius 2 is 1.15 bits per heavy atom. The molecule has 0 aliphatic heterocycles. The summed E-state index contributed by atoms with van der Waals surface area (Å²) in [6.07, 6.45) is -1.45. The highest BCUT2D eigenvalue weighted by atomic mass is 16.4. The van der Waals surface area contributed by atoms with E-state index in [0.717, 1.165) is 17.1 Å². The first-order chi connectivity index (χ1) is 19.8. The largest absolute Gasteiger partial charge is 0.394 e. The molecule has 12 heteroatoms. The fourth-order valence-electron chi connectivity index (χ4n) is 4.24. The van der Waals surface area contributed by atoms with Crippen LogP contribution in [-0.2, 0) is 24.4 Å². The van der Waals surface area contributed by atoms with Gasteiger partial charge >= 0.3 is 0 Å². The predicted molar refractivity (Wildman–Crippen MR) is 151 cm³/mol. The third-order valence-corrected chi connectivity index (χ3v) is 6.64. The van der Waals surface area contributed by atoms with Crippen molar-refractivity contribution in [3.05, 3.63) is 90.3 Å². The fraction of sp³-hybridized carbons (Fsp3) is 0.448. The molecule has 0 saturated heterocycles. The molecule has 3 heterocycles. The Morgan fingerprint density at radius 3 is 1.59 bits per heavy atom. The number of likely N-dealkylation sites (N-methyl/N-ethyl adjacent to an activating group) is 1. The summed E-state index contributed by atoms with van der Waals surface area (Å²) >= 11 is 0. The molecule has 0 aliphatic carbocycles. The Hall–Kier alpha value is -3.36. The van der Waals surface area contributed by atoms with E-state index < -0.39 is 31.0 Å². The molecule has 0 aromatic carbocycles. The molecule has 3 aromatic heterocycles. The van der Waals surface area contributed by atoms with Crippen molar-refractivity contribution in [3.63, 3.8) is 0 Å². The number of hydrogen-bond donors (Lipinski definition) is 5. The lowest BCUT2D eigenvalue weighted by atomic mass is 10.0. The van der Waals surface area contributed by atoms with Gasteiger partial charge in [0, 0.05) is 64.9 Å². The third kappa shape index (κ3) is 10.9. The summed E-state index contributed by atoms with van der Waals surface area (Å²) in [4.78, 5) is 31.9. The van der Waals surface area contributed by atoms with Crippen molar-refractivity contribution < 1.29 is 30.3 Å². The van der Waals surface area contributed by atoms with Gasteiger partial charge in [-0.2, -0.15) is 0 Å². The summed E-state index contributed by atoms with van der Waals surface area (Å²) in [7, 11) is 1.49. The predicted octanol–water partition coefficient (Wildman–Crippen LogP) is -0.730. The number of aliphatic hydroxyl groups excluding tert-OH is 5. The molecule has 0 bridgehead atoms. The first kappa shape index (κ1) is 32.2. The third-order valence-electron chi connectivity index (χ3n) is 6.64. The molecule has 41 heavy (non-hydrogen) atoms. The van der Waals surface area contributed by atoms with E-state index in [2.05, 4.69) is 19.9 Å². The molecule has 222 valence electrons. The van der Waals surface area contributed by atoms with Crippen molar-refractivity contribution in [2.45, 2.75) is 44.1 Å². The minimum atomic E-state index is -1.76. The number of rotatable bonds is 17. The van der Waals surface area contributed by atoms with Crippen LogP contribution in [-0.4, -0.2) is 125 Å². The van der Waals surface area contributed by atoms with Gasteiger partial charge in [0.2, 0.25) is 5.91 Å². The standard InChI is InChI=1S/C29H40N6O6/c1-33(19-25(37)28(40)29(41)26(38)21-36)27(39)20-35(18-24-10-4-7-13-32-24)15-14-34(16-22-8-2-5-11-30-22)17-23-9-3-6-12-31-23/h2-13,25-26,28-29,36-38,40-41H,14-21H2,1H3/t25-,26+,28+,29+/m0/s1. The molecular formula is C29H40N6O6. The Kier molecular flexibility index (Phi) is 13.2. The number of aliphatic hydroxyl groups is 5. The maximum Gasteiger partial charge on any atom is 0.236 e. The van der Waals surface area contributed by atoms with E-state index in [-0.39, 0.29) is 19.0 Å². The van der Waals surface area contributed by atoms with Crippen LogP contribution in [0.5, 0.6) is 0 Å². The molecule has 0 spiro atoms. The minimum absolute atomic E-state index is 0.0126. The molecule has 3 aromatic rings. The molecule has 12 nitrogen and oxygen atoms in total. The Balaban J connectivity index is 1.68. The van der Waals surface area contributed by atoms with Crippen molar-refractivity contribution >= 4 is 5.91 Å². The van der Waals surface area contributed by atoms with Crippen molar-refractivity contribution in [2.24, 2.45) is 0 Å². The normalized spacial score (nSPS) is 14.5. The summed E-state index contributed by atoms with van der Waals surface area (Å²) in [6.45, 7) is 1.67. The number of pyridine rings is 3. The summed E-state index contributed by atoms with van der Waals surface area (Å²) in [5, 5.41) is 48.9. The highest BCUT2D eigenvalue weighted by Crippen LogP contribution is 2.10. The molecule has 0 aliphatic rings. The second kappa shape index (κ2) is 16.8.